The standard InChI is InChI=1S/C33H38ClNO5/c1-19-6-4-9-27(34)28(19)29-26(30(40-35-29)21-10-11-21)18-39-25-15-23-12-13-24(16-25)33(23,38)22-8-5-7-20(14-22)17-32(2,3)31(36)37/h4-9,14,21,23-25,38H,10-13,15-18H2,1-3H3,(H,36,37)/t23-,24+,25?,33?. The van der Waals surface area contributed by atoms with Crippen LogP contribution >= 0.6 is 11.6 Å². The minimum absolute atomic E-state index is 0.0362. The number of nitrogens with zero attached hydrogens (tertiary/aromatic N) is 1. The van der Waals surface area contributed by atoms with E-state index in [1.54, 1.807) is 13.8 Å². The summed E-state index contributed by atoms with van der Waals surface area (Å²) < 4.78 is 12.5. The van der Waals surface area contributed by atoms with Crippen molar-refractivity contribution < 1.29 is 24.3 Å². The second kappa shape index (κ2) is 10.3. The highest BCUT2D eigenvalue weighted by Crippen LogP contribution is 2.56. The molecule has 2 unspecified atom stereocenters. The van der Waals surface area contributed by atoms with Gasteiger partial charge < -0.3 is 19.5 Å². The van der Waals surface area contributed by atoms with E-state index in [0.717, 1.165) is 77.8 Å². The molecule has 0 amide bonds. The second-order valence-corrected chi connectivity index (χ2v) is 13.3. The summed E-state index contributed by atoms with van der Waals surface area (Å²) in [6, 6.07) is 13.8. The highest BCUT2D eigenvalue weighted by Gasteiger charge is 2.54. The van der Waals surface area contributed by atoms with Crippen LogP contribution in [0.3, 0.4) is 0 Å². The first-order valence-corrected chi connectivity index (χ1v) is 14.9. The molecule has 1 heterocycles. The smallest absolute Gasteiger partial charge is 0.309 e. The lowest BCUT2D eigenvalue weighted by atomic mass is 9.69. The summed E-state index contributed by atoms with van der Waals surface area (Å²) in [5.41, 5.74) is 3.80. The number of carboxylic acid groups (broad SMARTS) is 1. The van der Waals surface area contributed by atoms with Crippen LogP contribution in [0.1, 0.15) is 86.3 Å². The van der Waals surface area contributed by atoms with E-state index in [-0.39, 0.29) is 17.9 Å². The van der Waals surface area contributed by atoms with Crippen LogP contribution in [0, 0.1) is 24.2 Å². The first kappa shape index (κ1) is 27.5. The van der Waals surface area contributed by atoms with Crippen LogP contribution < -0.4 is 0 Å². The van der Waals surface area contributed by atoms with Gasteiger partial charge in [0.15, 0.2) is 0 Å². The molecule has 3 aliphatic carbocycles. The maximum absolute atomic E-state index is 12.1. The van der Waals surface area contributed by atoms with E-state index >= 15 is 0 Å². The molecule has 4 atom stereocenters. The van der Waals surface area contributed by atoms with Crippen molar-refractivity contribution in [1.82, 2.24) is 5.16 Å². The summed E-state index contributed by atoms with van der Waals surface area (Å²) in [5.74, 6) is 0.684. The fraction of sp³-hybridized carbons (Fsp3) is 0.515. The topological polar surface area (TPSA) is 92.8 Å². The molecule has 0 saturated heterocycles. The Hall–Kier alpha value is -2.67. The van der Waals surface area contributed by atoms with E-state index in [4.69, 9.17) is 20.9 Å². The average molecular weight is 564 g/mol. The van der Waals surface area contributed by atoms with Crippen molar-refractivity contribution in [3.8, 4) is 11.3 Å². The zero-order chi connectivity index (χ0) is 28.2. The number of hydrogen-bond donors (Lipinski definition) is 2. The molecule has 40 heavy (non-hydrogen) atoms. The third-order valence-corrected chi connectivity index (χ3v) is 9.82. The van der Waals surface area contributed by atoms with Crippen molar-refractivity contribution in [3.05, 3.63) is 75.5 Å². The number of hydrogen-bond acceptors (Lipinski definition) is 5. The van der Waals surface area contributed by atoms with Crippen molar-refractivity contribution >= 4 is 17.6 Å². The summed E-state index contributed by atoms with van der Waals surface area (Å²) in [6.45, 7) is 5.93. The Morgan fingerprint density at radius 1 is 1.12 bits per heavy atom. The summed E-state index contributed by atoms with van der Waals surface area (Å²) in [6.07, 6.45) is 6.13. The van der Waals surface area contributed by atoms with Crippen molar-refractivity contribution in [2.75, 3.05) is 0 Å². The summed E-state index contributed by atoms with van der Waals surface area (Å²) in [4.78, 5) is 11.7. The monoisotopic (exact) mass is 563 g/mol. The fourth-order valence-corrected chi connectivity index (χ4v) is 7.39. The Labute approximate surface area is 240 Å². The lowest BCUT2D eigenvalue weighted by molar-refractivity contribution is -0.146. The zero-order valence-corrected chi connectivity index (χ0v) is 24.2. The van der Waals surface area contributed by atoms with Crippen molar-refractivity contribution in [2.24, 2.45) is 17.3 Å². The molecule has 0 spiro atoms. The Morgan fingerprint density at radius 2 is 1.82 bits per heavy atom. The van der Waals surface area contributed by atoms with Gasteiger partial charge in [0.05, 0.1) is 28.7 Å². The largest absolute Gasteiger partial charge is 0.481 e. The predicted octanol–water partition coefficient (Wildman–Crippen LogP) is 7.43. The molecule has 1 aromatic heterocycles. The Kier molecular flexibility index (Phi) is 7.09. The summed E-state index contributed by atoms with van der Waals surface area (Å²) in [7, 11) is 0. The molecule has 0 aliphatic heterocycles. The Bertz CT molecular complexity index is 1390. The van der Waals surface area contributed by atoms with E-state index < -0.39 is 17.0 Å². The van der Waals surface area contributed by atoms with E-state index in [0.29, 0.717) is 24.0 Å². The number of ether oxygens (including phenoxy) is 1. The number of rotatable bonds is 9. The number of fused-ring (bicyclic) bond motifs is 2. The van der Waals surface area contributed by atoms with Crippen molar-refractivity contribution in [2.45, 2.75) is 89.9 Å². The van der Waals surface area contributed by atoms with Gasteiger partial charge in [0.2, 0.25) is 0 Å². The van der Waals surface area contributed by atoms with E-state index in [1.165, 1.54) is 0 Å². The van der Waals surface area contributed by atoms with Gasteiger partial charge in [-0.2, -0.15) is 0 Å². The number of aliphatic hydroxyl groups is 1. The lowest BCUT2D eigenvalue weighted by Crippen LogP contribution is -2.44. The van der Waals surface area contributed by atoms with Gasteiger partial charge in [-0.15, -0.1) is 0 Å². The molecule has 7 heteroatoms. The first-order valence-electron chi connectivity index (χ1n) is 14.5. The van der Waals surface area contributed by atoms with Crippen LogP contribution in [0.5, 0.6) is 0 Å². The molecule has 3 aliphatic rings. The van der Waals surface area contributed by atoms with Crippen LogP contribution in [-0.2, 0) is 28.2 Å². The molecule has 3 saturated carbocycles. The van der Waals surface area contributed by atoms with Crippen LogP contribution in [-0.4, -0.2) is 27.4 Å². The third-order valence-electron chi connectivity index (χ3n) is 9.51. The number of halogens is 1. The maximum atomic E-state index is 12.1. The van der Waals surface area contributed by atoms with Gasteiger partial charge in [0.25, 0.3) is 0 Å². The molecule has 3 fully saturated rings. The van der Waals surface area contributed by atoms with Gasteiger partial charge in [-0.05, 0) is 100 Å². The second-order valence-electron chi connectivity index (χ2n) is 12.8. The van der Waals surface area contributed by atoms with Crippen LogP contribution in [0.15, 0.2) is 47.0 Å². The molecule has 212 valence electrons. The van der Waals surface area contributed by atoms with E-state index in [2.05, 4.69) is 5.16 Å². The highest BCUT2D eigenvalue weighted by molar-refractivity contribution is 6.33. The molecule has 2 bridgehead atoms. The van der Waals surface area contributed by atoms with Crippen molar-refractivity contribution in [3.63, 3.8) is 0 Å². The highest BCUT2D eigenvalue weighted by atomic mass is 35.5. The number of carbonyl (C=O) groups is 1. The van der Waals surface area contributed by atoms with Gasteiger partial charge in [0, 0.05) is 17.0 Å². The van der Waals surface area contributed by atoms with Crippen molar-refractivity contribution in [1.29, 1.82) is 0 Å². The minimum atomic E-state index is -0.917. The van der Waals surface area contributed by atoms with Gasteiger partial charge in [0.1, 0.15) is 11.5 Å². The minimum Gasteiger partial charge on any atom is -0.481 e. The summed E-state index contributed by atoms with van der Waals surface area (Å²) in [5, 5.41) is 26.8. The van der Waals surface area contributed by atoms with Gasteiger partial charge in [-0.25, -0.2) is 0 Å². The Morgan fingerprint density at radius 3 is 2.48 bits per heavy atom. The number of aryl methyl sites for hydroxylation is 1. The number of aliphatic carboxylic acids is 1. The number of carboxylic acids is 1. The molecular weight excluding hydrogens is 526 g/mol. The molecule has 6 rings (SSSR count). The zero-order valence-electron chi connectivity index (χ0n) is 23.5. The van der Waals surface area contributed by atoms with Crippen LogP contribution in [0.2, 0.25) is 5.02 Å². The third kappa shape index (κ3) is 4.88. The van der Waals surface area contributed by atoms with Gasteiger partial charge >= 0.3 is 5.97 Å². The number of aromatic nitrogens is 1. The van der Waals surface area contributed by atoms with E-state index in [9.17, 15) is 15.0 Å². The summed E-state index contributed by atoms with van der Waals surface area (Å²) >= 11 is 6.61. The fourth-order valence-electron chi connectivity index (χ4n) is 7.08. The maximum Gasteiger partial charge on any atom is 0.309 e. The molecule has 2 aromatic carbocycles. The van der Waals surface area contributed by atoms with Crippen LogP contribution in [0.25, 0.3) is 11.3 Å². The predicted molar refractivity (Wildman–Crippen MR) is 153 cm³/mol. The first-order chi connectivity index (χ1) is 19.1. The van der Waals surface area contributed by atoms with Gasteiger partial charge in [-0.1, -0.05) is 53.2 Å². The average Bonchev–Trinajstić information content (AvgIpc) is 3.65. The van der Waals surface area contributed by atoms with E-state index in [1.807, 2.05) is 49.4 Å². The molecule has 0 radical (unpaired) electrons. The SMILES string of the molecule is Cc1cccc(Cl)c1-c1noc(C2CC2)c1COC1C[C@H]2CC[C@@H](C1)C2(O)c1cccc(CC(C)(C)C(=O)O)c1. The normalized spacial score (nSPS) is 26.3. The number of benzene rings is 2. The molecular formula is C33H38ClNO5. The quantitative estimate of drug-likeness (QED) is 0.281. The molecule has 3 aromatic rings. The van der Waals surface area contributed by atoms with Gasteiger partial charge in [-0.3, -0.25) is 4.79 Å². The molecule has 6 nitrogen and oxygen atoms in total. The Balaban J connectivity index is 1.20. The molecule has 2 N–H and O–H groups in total. The lowest BCUT2D eigenvalue weighted by Gasteiger charge is -2.43. The van der Waals surface area contributed by atoms with Crippen LogP contribution in [0.4, 0.5) is 0 Å².